The second kappa shape index (κ2) is 3.82. The molecular weight excluding hydrogens is 236 g/mol. The summed E-state index contributed by atoms with van der Waals surface area (Å²) in [7, 11) is 0. The minimum Gasteiger partial charge on any atom is -0.477 e. The van der Waals surface area contributed by atoms with Crippen LogP contribution in [0.15, 0.2) is 71.6 Å². The third-order valence-electron chi connectivity index (χ3n) is 3.74. The molecule has 0 fully saturated rings. The molecule has 0 aromatic heterocycles. The van der Waals surface area contributed by atoms with Crippen LogP contribution in [0.3, 0.4) is 0 Å². The van der Waals surface area contributed by atoms with Gasteiger partial charge in [0.15, 0.2) is 5.76 Å². The van der Waals surface area contributed by atoms with Crippen LogP contribution in [0, 0.1) is 0 Å². The summed E-state index contributed by atoms with van der Waals surface area (Å²) >= 11 is 0. The number of rotatable bonds is 0. The fourth-order valence-electron chi connectivity index (χ4n) is 2.80. The van der Waals surface area contributed by atoms with Crippen molar-refractivity contribution in [2.45, 2.75) is 12.5 Å². The average Bonchev–Trinajstić information content (AvgIpc) is 2.46. The number of Topliss-reactive ketones (excluding diaryl/α,β-unsaturated/α-hetero) is 1. The molecule has 1 atom stereocenters. The van der Waals surface area contributed by atoms with E-state index in [0.717, 1.165) is 28.7 Å². The van der Waals surface area contributed by atoms with E-state index in [1.807, 2.05) is 48.6 Å². The van der Waals surface area contributed by atoms with E-state index in [0.29, 0.717) is 5.76 Å². The van der Waals surface area contributed by atoms with Crippen molar-refractivity contribution < 1.29 is 9.53 Å². The molecule has 0 N–H and O–H groups in total. The number of ketones is 1. The minimum absolute atomic E-state index is 0.00935. The Balaban J connectivity index is 1.83. The number of allylic oxidation sites excluding steroid dienone is 5. The minimum atomic E-state index is -0.113. The van der Waals surface area contributed by atoms with Crippen molar-refractivity contribution in [3.63, 3.8) is 0 Å². The van der Waals surface area contributed by atoms with Crippen molar-refractivity contribution in [1.29, 1.82) is 0 Å². The second-order valence-electron chi connectivity index (χ2n) is 4.94. The summed E-state index contributed by atoms with van der Waals surface area (Å²) in [6.45, 7) is 0. The third-order valence-corrected chi connectivity index (χ3v) is 3.74. The van der Waals surface area contributed by atoms with Crippen molar-refractivity contribution in [3.05, 3.63) is 82.7 Å². The molecule has 0 radical (unpaired) electrons. The van der Waals surface area contributed by atoms with E-state index in [4.69, 9.17) is 4.74 Å². The first-order valence-electron chi connectivity index (χ1n) is 6.42. The summed E-state index contributed by atoms with van der Waals surface area (Å²) < 4.78 is 5.89. The predicted molar refractivity (Wildman–Crippen MR) is 72.7 cm³/mol. The number of hydrogen-bond acceptors (Lipinski definition) is 2. The Bertz CT molecular complexity index is 702. The summed E-state index contributed by atoms with van der Waals surface area (Å²) in [6.07, 6.45) is 10.7. The highest BCUT2D eigenvalue weighted by Crippen LogP contribution is 2.34. The number of carbonyl (C=O) groups is 1. The molecule has 92 valence electrons. The molecular formula is C17H12O2. The van der Waals surface area contributed by atoms with Gasteiger partial charge in [-0.05, 0) is 23.3 Å². The van der Waals surface area contributed by atoms with Crippen LogP contribution in [0.25, 0.3) is 0 Å². The highest BCUT2D eigenvalue weighted by Gasteiger charge is 2.31. The molecule has 1 heterocycles. The SMILES string of the molecule is O=C1C2=C(C=C3C=CC=CC3O2)Cc2ccccc21. The predicted octanol–water partition coefficient (Wildman–Crippen LogP) is 3.13. The van der Waals surface area contributed by atoms with Crippen LogP contribution < -0.4 is 0 Å². The zero-order valence-corrected chi connectivity index (χ0v) is 10.3. The van der Waals surface area contributed by atoms with Crippen LogP contribution >= 0.6 is 0 Å². The number of benzene rings is 1. The van der Waals surface area contributed by atoms with Gasteiger partial charge in [-0.3, -0.25) is 4.79 Å². The van der Waals surface area contributed by atoms with E-state index in [-0.39, 0.29) is 11.9 Å². The van der Waals surface area contributed by atoms with Crippen LogP contribution in [0.5, 0.6) is 0 Å². The summed E-state index contributed by atoms with van der Waals surface area (Å²) in [6, 6.07) is 7.76. The molecule has 1 aromatic carbocycles. The van der Waals surface area contributed by atoms with E-state index in [1.54, 1.807) is 0 Å². The van der Waals surface area contributed by atoms with Gasteiger partial charge >= 0.3 is 0 Å². The summed E-state index contributed by atoms with van der Waals surface area (Å²) in [4.78, 5) is 12.5. The van der Waals surface area contributed by atoms with Crippen LogP contribution in [-0.4, -0.2) is 11.9 Å². The van der Waals surface area contributed by atoms with Crippen molar-refractivity contribution in [2.75, 3.05) is 0 Å². The maximum Gasteiger partial charge on any atom is 0.228 e. The average molecular weight is 248 g/mol. The Labute approximate surface area is 111 Å². The van der Waals surface area contributed by atoms with Gasteiger partial charge < -0.3 is 4.74 Å². The molecule has 0 spiro atoms. The van der Waals surface area contributed by atoms with Gasteiger partial charge in [0.2, 0.25) is 5.78 Å². The lowest BCUT2D eigenvalue weighted by molar-refractivity contribution is 0.0871. The first kappa shape index (κ1) is 10.6. The van der Waals surface area contributed by atoms with Crippen molar-refractivity contribution in [3.8, 4) is 0 Å². The summed E-state index contributed by atoms with van der Waals surface area (Å²) in [5.41, 5.74) is 3.97. The monoisotopic (exact) mass is 248 g/mol. The van der Waals surface area contributed by atoms with Crippen molar-refractivity contribution >= 4 is 5.78 Å². The van der Waals surface area contributed by atoms with Gasteiger partial charge in [0.1, 0.15) is 6.10 Å². The summed E-state index contributed by atoms with van der Waals surface area (Å²) in [5.74, 6) is 0.530. The maximum absolute atomic E-state index is 12.5. The topological polar surface area (TPSA) is 26.3 Å². The molecule has 1 aliphatic heterocycles. The molecule has 3 aliphatic rings. The second-order valence-corrected chi connectivity index (χ2v) is 4.94. The molecule has 0 saturated carbocycles. The van der Waals surface area contributed by atoms with Crippen LogP contribution in [0.4, 0.5) is 0 Å². The summed E-state index contributed by atoms with van der Waals surface area (Å²) in [5, 5.41) is 0. The quantitative estimate of drug-likeness (QED) is 0.705. The normalized spacial score (nSPS) is 23.3. The molecule has 2 nitrogen and oxygen atoms in total. The lowest BCUT2D eigenvalue weighted by Gasteiger charge is -2.29. The Morgan fingerprint density at radius 2 is 2.05 bits per heavy atom. The highest BCUT2D eigenvalue weighted by atomic mass is 16.5. The Kier molecular flexibility index (Phi) is 2.12. The van der Waals surface area contributed by atoms with E-state index >= 15 is 0 Å². The fourth-order valence-corrected chi connectivity index (χ4v) is 2.80. The standard InChI is InChI=1S/C17H12O2/c18-16-14-7-3-1-5-11(14)9-13-10-12-6-2-4-8-15(12)19-17(13)16/h1-8,10,15H,9H2. The van der Waals surface area contributed by atoms with Crippen molar-refractivity contribution in [2.24, 2.45) is 0 Å². The van der Waals surface area contributed by atoms with Gasteiger partial charge in [0, 0.05) is 17.6 Å². The molecule has 19 heavy (non-hydrogen) atoms. The number of hydrogen-bond donors (Lipinski definition) is 0. The smallest absolute Gasteiger partial charge is 0.228 e. The lowest BCUT2D eigenvalue weighted by atomic mass is 9.86. The Morgan fingerprint density at radius 3 is 3.00 bits per heavy atom. The molecule has 2 aliphatic carbocycles. The van der Waals surface area contributed by atoms with Crippen LogP contribution in [0.2, 0.25) is 0 Å². The van der Waals surface area contributed by atoms with E-state index < -0.39 is 0 Å². The van der Waals surface area contributed by atoms with E-state index in [2.05, 4.69) is 6.08 Å². The molecule has 2 heteroatoms. The van der Waals surface area contributed by atoms with E-state index in [1.165, 1.54) is 0 Å². The van der Waals surface area contributed by atoms with Gasteiger partial charge in [-0.2, -0.15) is 0 Å². The van der Waals surface area contributed by atoms with Crippen LogP contribution in [-0.2, 0) is 11.2 Å². The largest absolute Gasteiger partial charge is 0.477 e. The van der Waals surface area contributed by atoms with Gasteiger partial charge in [-0.15, -0.1) is 0 Å². The maximum atomic E-state index is 12.5. The third kappa shape index (κ3) is 1.53. The molecule has 0 bridgehead atoms. The molecule has 0 saturated heterocycles. The molecule has 1 unspecified atom stereocenters. The Hall–Kier alpha value is -2.35. The van der Waals surface area contributed by atoms with Crippen molar-refractivity contribution in [1.82, 2.24) is 0 Å². The lowest BCUT2D eigenvalue weighted by Crippen LogP contribution is -2.26. The van der Waals surface area contributed by atoms with Gasteiger partial charge in [-0.25, -0.2) is 0 Å². The first-order valence-corrected chi connectivity index (χ1v) is 6.42. The highest BCUT2D eigenvalue weighted by molar-refractivity contribution is 6.10. The zero-order chi connectivity index (χ0) is 12.8. The Morgan fingerprint density at radius 1 is 1.16 bits per heavy atom. The molecule has 1 aromatic rings. The fraction of sp³-hybridized carbons (Fsp3) is 0.118. The van der Waals surface area contributed by atoms with Gasteiger partial charge in [-0.1, -0.05) is 42.5 Å². The van der Waals surface area contributed by atoms with Gasteiger partial charge in [0.05, 0.1) is 0 Å². The number of fused-ring (bicyclic) bond motifs is 2. The molecule has 4 rings (SSSR count). The first-order chi connectivity index (χ1) is 9.33. The van der Waals surface area contributed by atoms with Gasteiger partial charge in [0.25, 0.3) is 0 Å². The van der Waals surface area contributed by atoms with E-state index in [9.17, 15) is 4.79 Å². The molecule has 0 amide bonds. The number of ether oxygens (including phenoxy) is 1. The zero-order valence-electron chi connectivity index (χ0n) is 10.3. The number of carbonyl (C=O) groups excluding carboxylic acids is 1. The van der Waals surface area contributed by atoms with Crippen LogP contribution in [0.1, 0.15) is 15.9 Å².